The van der Waals surface area contributed by atoms with Crippen LogP contribution in [-0.2, 0) is 6.54 Å². The number of carbonyl (C=O) groups is 1. The highest BCUT2D eigenvalue weighted by atomic mass is 16.1. The number of amidine groups is 1. The normalized spacial score (nSPS) is 22.8. The van der Waals surface area contributed by atoms with Gasteiger partial charge in [0.05, 0.1) is 18.0 Å². The molecule has 3 N–H and O–H groups in total. The Morgan fingerprint density at radius 2 is 1.87 bits per heavy atom. The summed E-state index contributed by atoms with van der Waals surface area (Å²) in [6, 6.07) is 23.4. The number of quaternary nitrogens is 1. The third-order valence-corrected chi connectivity index (χ3v) is 7.28. The first-order valence-corrected chi connectivity index (χ1v) is 12.9. The van der Waals surface area contributed by atoms with E-state index in [0.29, 0.717) is 11.4 Å². The van der Waals surface area contributed by atoms with Crippen LogP contribution >= 0.6 is 0 Å². The molecule has 4 heterocycles. The number of rotatable bonds is 6. The van der Waals surface area contributed by atoms with Crippen LogP contribution in [0.5, 0.6) is 0 Å². The molecule has 2 aromatic carbocycles. The Kier molecular flexibility index (Phi) is 6.51. The van der Waals surface area contributed by atoms with Crippen LogP contribution in [0.25, 0.3) is 0 Å². The maximum absolute atomic E-state index is 12.7. The molecule has 0 aliphatic carbocycles. The number of benzene rings is 2. The third kappa shape index (κ3) is 4.72. The molecule has 1 aromatic heterocycles. The number of nitrogens with one attached hydrogen (secondary N) is 1. The number of amides is 1. The highest BCUT2D eigenvalue weighted by Gasteiger charge is 2.46. The lowest BCUT2D eigenvalue weighted by atomic mass is 9.93. The lowest BCUT2D eigenvalue weighted by Gasteiger charge is -2.33. The van der Waals surface area contributed by atoms with Gasteiger partial charge in [0.15, 0.2) is 0 Å². The monoisotopic (exact) mass is 504 g/mol. The largest absolute Gasteiger partial charge is 0.307 e. The predicted molar refractivity (Wildman–Crippen MR) is 149 cm³/mol. The molecule has 0 saturated carbocycles. The van der Waals surface area contributed by atoms with Crippen LogP contribution in [0, 0.1) is 5.92 Å². The minimum absolute atomic E-state index is 0.0203. The quantitative estimate of drug-likeness (QED) is 0.383. The Morgan fingerprint density at radius 3 is 2.66 bits per heavy atom. The smallest absolute Gasteiger partial charge is 0.264 e. The zero-order valence-electron chi connectivity index (χ0n) is 21.1. The summed E-state index contributed by atoms with van der Waals surface area (Å²) >= 11 is 0. The van der Waals surface area contributed by atoms with Crippen molar-refractivity contribution in [3.63, 3.8) is 0 Å². The molecule has 0 radical (unpaired) electrons. The van der Waals surface area contributed by atoms with Gasteiger partial charge in [0.1, 0.15) is 17.7 Å². The van der Waals surface area contributed by atoms with Gasteiger partial charge in [-0.25, -0.2) is 4.98 Å². The summed E-state index contributed by atoms with van der Waals surface area (Å²) in [5.74, 6) is 8.26. The summed E-state index contributed by atoms with van der Waals surface area (Å²) in [7, 11) is 0. The highest BCUT2D eigenvalue weighted by molar-refractivity contribution is 6.05. The first kappa shape index (κ1) is 24.1. The summed E-state index contributed by atoms with van der Waals surface area (Å²) in [6.07, 6.45) is 9.25. The van der Waals surface area contributed by atoms with Crippen molar-refractivity contribution in [2.45, 2.75) is 19.4 Å². The zero-order valence-corrected chi connectivity index (χ0v) is 21.1. The standard InChI is InChI=1S/C30H29N7O/c31-37-18-16-32-19-26(37)28(25-9-6-17-36(21-25)20-22-7-2-1-3-8-22)35-29(37)23-11-13-24(14-12-23)30(38)34-27-10-4-5-15-33-27/h1-5,7-8,10-16,18-19,25H,6,9,17,20-21,31H2/p+1. The van der Waals surface area contributed by atoms with Gasteiger partial charge in [-0.05, 0) is 61.3 Å². The Hall–Kier alpha value is -4.24. The molecule has 3 aromatic rings. The number of anilines is 1. The number of likely N-dealkylation sites (tertiary alicyclic amines) is 1. The lowest BCUT2D eigenvalue weighted by Crippen LogP contribution is -2.53. The van der Waals surface area contributed by atoms with Gasteiger partial charge in [-0.2, -0.15) is 10.8 Å². The fourth-order valence-corrected chi connectivity index (χ4v) is 5.37. The molecule has 1 saturated heterocycles. The van der Waals surface area contributed by atoms with Crippen LogP contribution < -0.4 is 11.2 Å². The molecule has 8 nitrogen and oxygen atoms in total. The van der Waals surface area contributed by atoms with Gasteiger partial charge in [0, 0.05) is 30.8 Å². The highest BCUT2D eigenvalue weighted by Crippen LogP contribution is 2.37. The van der Waals surface area contributed by atoms with Gasteiger partial charge in [0.25, 0.3) is 11.7 Å². The SMILES string of the molecule is N[N+]12C=CN=CC1=C(C1CCCN(Cc3ccccc3)C1)N=C2c1ccc(C(=O)Nc2ccccn2)cc1. The fourth-order valence-electron chi connectivity index (χ4n) is 5.37. The molecule has 38 heavy (non-hydrogen) atoms. The number of aliphatic imine (C=N–C) groups is 2. The van der Waals surface area contributed by atoms with Gasteiger partial charge in [0.2, 0.25) is 5.70 Å². The summed E-state index contributed by atoms with van der Waals surface area (Å²) in [4.78, 5) is 28.9. The molecule has 3 aliphatic heterocycles. The van der Waals surface area contributed by atoms with E-state index >= 15 is 0 Å². The Morgan fingerprint density at radius 1 is 1.05 bits per heavy atom. The number of allylic oxidation sites excluding steroid dienone is 1. The van der Waals surface area contributed by atoms with E-state index in [1.807, 2.05) is 36.7 Å². The molecular weight excluding hydrogens is 474 g/mol. The molecule has 2 atom stereocenters. The van der Waals surface area contributed by atoms with Gasteiger partial charge in [-0.3, -0.25) is 14.7 Å². The van der Waals surface area contributed by atoms with Crippen LogP contribution in [0.2, 0.25) is 0 Å². The molecule has 0 spiro atoms. The molecule has 0 bridgehead atoms. The van der Waals surface area contributed by atoms with Crippen molar-refractivity contribution in [3.8, 4) is 0 Å². The maximum Gasteiger partial charge on any atom is 0.264 e. The van der Waals surface area contributed by atoms with Crippen molar-refractivity contribution in [1.82, 2.24) is 9.88 Å². The number of piperidine rings is 1. The van der Waals surface area contributed by atoms with Crippen LogP contribution in [0.15, 0.2) is 113 Å². The molecule has 6 rings (SSSR count). The molecule has 2 unspecified atom stereocenters. The number of aromatic nitrogens is 1. The van der Waals surface area contributed by atoms with E-state index in [1.165, 1.54) is 5.56 Å². The van der Waals surface area contributed by atoms with Crippen molar-refractivity contribution in [2.75, 3.05) is 18.4 Å². The number of hydrogen-bond acceptors (Lipinski definition) is 6. The third-order valence-electron chi connectivity index (χ3n) is 7.28. The van der Waals surface area contributed by atoms with Crippen molar-refractivity contribution >= 4 is 23.8 Å². The van der Waals surface area contributed by atoms with E-state index in [2.05, 4.69) is 50.5 Å². The van der Waals surface area contributed by atoms with Crippen LogP contribution in [0.3, 0.4) is 0 Å². The van der Waals surface area contributed by atoms with Gasteiger partial charge in [-0.1, -0.05) is 36.4 Å². The van der Waals surface area contributed by atoms with Gasteiger partial charge < -0.3 is 5.32 Å². The van der Waals surface area contributed by atoms with Gasteiger partial charge in [-0.15, -0.1) is 4.59 Å². The van der Waals surface area contributed by atoms with Crippen LogP contribution in [-0.4, -0.2) is 45.5 Å². The average Bonchev–Trinajstić information content (AvgIpc) is 3.27. The molecule has 3 aliphatic rings. The second-order valence-electron chi connectivity index (χ2n) is 9.87. The van der Waals surface area contributed by atoms with Gasteiger partial charge >= 0.3 is 0 Å². The molecule has 8 heteroatoms. The van der Waals surface area contributed by atoms with Crippen molar-refractivity contribution in [3.05, 3.63) is 119 Å². The Balaban J connectivity index is 1.24. The predicted octanol–water partition coefficient (Wildman–Crippen LogP) is 4.46. The maximum atomic E-state index is 12.7. The Labute approximate surface area is 222 Å². The van der Waals surface area contributed by atoms with Crippen molar-refractivity contribution < 1.29 is 9.39 Å². The summed E-state index contributed by atoms with van der Waals surface area (Å²) in [6.45, 7) is 2.92. The number of pyridine rings is 1. The van der Waals surface area contributed by atoms with Crippen molar-refractivity contribution in [1.29, 1.82) is 0 Å². The topological polar surface area (TPSA) is 96.0 Å². The van der Waals surface area contributed by atoms with E-state index in [-0.39, 0.29) is 16.4 Å². The molecule has 1 amide bonds. The van der Waals surface area contributed by atoms with E-state index < -0.39 is 0 Å². The number of nitrogens with zero attached hydrogens (tertiary/aromatic N) is 5. The first-order chi connectivity index (χ1) is 18.6. The fraction of sp³-hybridized carbons (Fsp3) is 0.200. The zero-order chi connectivity index (χ0) is 26.0. The van der Waals surface area contributed by atoms with Crippen LogP contribution in [0.1, 0.15) is 34.3 Å². The minimum atomic E-state index is -0.217. The number of hydrogen-bond donors (Lipinski definition) is 2. The average molecular weight is 505 g/mol. The second-order valence-corrected chi connectivity index (χ2v) is 9.87. The molecule has 190 valence electrons. The lowest BCUT2D eigenvalue weighted by molar-refractivity contribution is -0.750. The summed E-state index contributed by atoms with van der Waals surface area (Å²) in [5, 5.41) is 2.82. The number of nitrogens with two attached hydrogens (primary N) is 1. The second kappa shape index (κ2) is 10.3. The summed E-state index contributed by atoms with van der Waals surface area (Å²) < 4.78 is -0.0203. The molecule has 1 fully saturated rings. The number of carbonyl (C=O) groups excluding carboxylic acids is 1. The minimum Gasteiger partial charge on any atom is -0.307 e. The Bertz CT molecular complexity index is 1440. The summed E-state index contributed by atoms with van der Waals surface area (Å²) in [5.41, 5.74) is 4.64. The van der Waals surface area contributed by atoms with Crippen LogP contribution in [0.4, 0.5) is 5.82 Å². The van der Waals surface area contributed by atoms with E-state index in [9.17, 15) is 4.79 Å². The van der Waals surface area contributed by atoms with E-state index in [4.69, 9.17) is 10.8 Å². The first-order valence-electron chi connectivity index (χ1n) is 12.9. The number of fused-ring (bicyclic) bond motifs is 1. The van der Waals surface area contributed by atoms with E-state index in [1.54, 1.807) is 30.6 Å². The van der Waals surface area contributed by atoms with E-state index in [0.717, 1.165) is 55.3 Å². The van der Waals surface area contributed by atoms with Crippen molar-refractivity contribution in [2.24, 2.45) is 21.7 Å². The molecular formula is C30H30N7O+.